The van der Waals surface area contributed by atoms with Gasteiger partial charge in [0, 0.05) is 24.1 Å². The molecule has 38 heavy (non-hydrogen) atoms. The Bertz CT molecular complexity index is 1120. The van der Waals surface area contributed by atoms with E-state index in [4.69, 9.17) is 11.2 Å². The molecule has 0 saturated carbocycles. The molecule has 0 fully saturated rings. The molecule has 0 saturated heterocycles. The largest absolute Gasteiger partial charge is 0.444 e. The molecule has 0 bridgehead atoms. The highest BCUT2D eigenvalue weighted by molar-refractivity contribution is 5.92. The van der Waals surface area contributed by atoms with Gasteiger partial charge >= 0.3 is 6.09 Å². The van der Waals surface area contributed by atoms with Crippen LogP contribution in [0, 0.1) is 12.3 Å². The highest BCUT2D eigenvalue weighted by atomic mass is 16.6. The third-order valence-corrected chi connectivity index (χ3v) is 5.47. The number of amides is 3. The Morgan fingerprint density at radius 1 is 0.974 bits per heavy atom. The lowest BCUT2D eigenvalue weighted by Crippen LogP contribution is -2.55. The second kappa shape index (κ2) is 13.1. The second-order valence-electron chi connectivity index (χ2n) is 11.3. The minimum Gasteiger partial charge on any atom is -0.444 e. The number of benzene rings is 2. The molecule has 0 spiro atoms. The maximum atomic E-state index is 14.2. The van der Waals surface area contributed by atoms with Crippen molar-refractivity contribution < 1.29 is 19.1 Å². The quantitative estimate of drug-likeness (QED) is 0.457. The molecule has 2 unspecified atom stereocenters. The molecule has 0 heterocycles. The van der Waals surface area contributed by atoms with Crippen LogP contribution in [-0.4, -0.2) is 46.5 Å². The first-order chi connectivity index (χ1) is 17.7. The zero-order chi connectivity index (χ0) is 28.5. The van der Waals surface area contributed by atoms with Crippen LogP contribution < -0.4 is 10.6 Å². The smallest absolute Gasteiger partial charge is 0.408 e. The third-order valence-electron chi connectivity index (χ3n) is 5.47. The van der Waals surface area contributed by atoms with Gasteiger partial charge in [0.2, 0.25) is 11.8 Å². The second-order valence-corrected chi connectivity index (χ2v) is 11.3. The predicted octanol–water partition coefficient (Wildman–Crippen LogP) is 5.00. The number of hydrogen-bond donors (Lipinski definition) is 2. The Kier molecular flexibility index (Phi) is 10.5. The molecule has 0 aliphatic rings. The van der Waals surface area contributed by atoms with Gasteiger partial charge in [-0.2, -0.15) is 0 Å². The lowest BCUT2D eigenvalue weighted by Gasteiger charge is -2.36. The van der Waals surface area contributed by atoms with E-state index in [0.717, 1.165) is 5.56 Å². The van der Waals surface area contributed by atoms with Crippen LogP contribution in [0.3, 0.4) is 0 Å². The fourth-order valence-electron chi connectivity index (χ4n) is 3.98. The van der Waals surface area contributed by atoms with E-state index in [1.54, 1.807) is 45.0 Å². The van der Waals surface area contributed by atoms with Crippen LogP contribution in [0.4, 0.5) is 4.79 Å². The molecule has 2 aromatic carbocycles. The normalized spacial score (nSPS) is 13.0. The van der Waals surface area contributed by atoms with E-state index < -0.39 is 29.3 Å². The molecule has 0 aliphatic heterocycles. The zero-order valence-corrected chi connectivity index (χ0v) is 23.6. The molecule has 0 aliphatic carbocycles. The minimum atomic E-state index is -0.950. The van der Waals surface area contributed by atoms with Crippen LogP contribution in [0.15, 0.2) is 54.6 Å². The maximum absolute atomic E-state index is 14.2. The summed E-state index contributed by atoms with van der Waals surface area (Å²) in [6.07, 6.45) is 5.68. The first-order valence-electron chi connectivity index (χ1n) is 13.0. The summed E-state index contributed by atoms with van der Waals surface area (Å²) in [5, 5.41) is 5.78. The Labute approximate surface area is 227 Å². The number of hydrogen-bond acceptors (Lipinski definition) is 4. The van der Waals surface area contributed by atoms with Gasteiger partial charge < -0.3 is 20.3 Å². The van der Waals surface area contributed by atoms with Crippen molar-refractivity contribution in [1.29, 1.82) is 0 Å². The molecule has 7 heteroatoms. The number of ether oxygens (including phenoxy) is 1. The van der Waals surface area contributed by atoms with Gasteiger partial charge in [-0.05, 0) is 71.2 Å². The van der Waals surface area contributed by atoms with E-state index in [-0.39, 0.29) is 18.2 Å². The van der Waals surface area contributed by atoms with Crippen molar-refractivity contribution in [2.45, 2.75) is 84.5 Å². The van der Waals surface area contributed by atoms with E-state index in [2.05, 4.69) is 16.6 Å². The van der Waals surface area contributed by atoms with Crippen molar-refractivity contribution in [3.8, 4) is 12.3 Å². The highest BCUT2D eigenvalue weighted by Crippen LogP contribution is 2.25. The predicted molar refractivity (Wildman–Crippen MR) is 150 cm³/mol. The van der Waals surface area contributed by atoms with Crippen molar-refractivity contribution in [2.24, 2.45) is 0 Å². The first-order valence-corrected chi connectivity index (χ1v) is 13.0. The summed E-state index contributed by atoms with van der Waals surface area (Å²) in [5.41, 5.74) is 0.913. The minimum absolute atomic E-state index is 0.239. The van der Waals surface area contributed by atoms with Crippen molar-refractivity contribution in [2.75, 3.05) is 6.54 Å². The van der Waals surface area contributed by atoms with Crippen molar-refractivity contribution in [3.63, 3.8) is 0 Å². The van der Waals surface area contributed by atoms with Crippen LogP contribution >= 0.6 is 0 Å². The molecule has 2 atom stereocenters. The SMILES string of the molecule is C#Cc1ccc(C(C(=O)NC(C)(C)C)N(CCC)C(=O)C(Cc2ccccc2)NC(=O)OC(C)(C)C)cc1. The van der Waals surface area contributed by atoms with Crippen LogP contribution in [0.1, 0.15) is 77.6 Å². The van der Waals surface area contributed by atoms with E-state index in [1.807, 2.05) is 58.0 Å². The Morgan fingerprint density at radius 2 is 1.58 bits per heavy atom. The topological polar surface area (TPSA) is 87.7 Å². The van der Waals surface area contributed by atoms with E-state index in [9.17, 15) is 14.4 Å². The van der Waals surface area contributed by atoms with Crippen LogP contribution in [0.5, 0.6) is 0 Å². The molecular weight excluding hydrogens is 478 g/mol. The van der Waals surface area contributed by atoms with Gasteiger partial charge in [0.05, 0.1) is 0 Å². The summed E-state index contributed by atoms with van der Waals surface area (Å²) in [6.45, 7) is 13.2. The maximum Gasteiger partial charge on any atom is 0.408 e. The number of alkyl carbamates (subject to hydrolysis) is 1. The number of terminal acetylenes is 1. The van der Waals surface area contributed by atoms with Gasteiger partial charge in [0.15, 0.2) is 0 Å². The fourth-order valence-corrected chi connectivity index (χ4v) is 3.98. The van der Waals surface area contributed by atoms with Crippen molar-refractivity contribution in [3.05, 3.63) is 71.3 Å². The van der Waals surface area contributed by atoms with E-state index in [1.165, 1.54) is 4.90 Å². The number of carbonyl (C=O) groups excluding carboxylic acids is 3. The zero-order valence-electron chi connectivity index (χ0n) is 23.6. The van der Waals surface area contributed by atoms with Crippen molar-refractivity contribution in [1.82, 2.24) is 15.5 Å². The molecule has 2 aromatic rings. The Balaban J connectivity index is 2.54. The number of carbonyl (C=O) groups is 3. The van der Waals surface area contributed by atoms with Crippen LogP contribution in [0.2, 0.25) is 0 Å². The molecule has 7 nitrogen and oxygen atoms in total. The molecule has 204 valence electrons. The summed E-state index contributed by atoms with van der Waals surface area (Å²) >= 11 is 0. The number of nitrogens with one attached hydrogen (secondary N) is 2. The summed E-state index contributed by atoms with van der Waals surface area (Å²) in [7, 11) is 0. The standard InChI is InChI=1S/C31H41N3O4/c1-9-20-34(26(27(35)33-30(3,4)5)24-18-16-22(10-2)17-19-24)28(36)25(21-23-14-12-11-13-15-23)32-29(37)38-31(6,7)8/h2,11-19,25-26H,9,20-21H2,1,3-8H3,(H,32,37)(H,33,35). The van der Waals surface area contributed by atoms with Crippen LogP contribution in [-0.2, 0) is 20.7 Å². The summed E-state index contributed by atoms with van der Waals surface area (Å²) in [6, 6.07) is 14.6. The van der Waals surface area contributed by atoms with Gasteiger partial charge in [-0.1, -0.05) is 55.3 Å². The monoisotopic (exact) mass is 519 g/mol. The summed E-state index contributed by atoms with van der Waals surface area (Å²) in [4.78, 5) is 42.2. The lowest BCUT2D eigenvalue weighted by molar-refractivity contribution is -0.143. The fraction of sp³-hybridized carbons (Fsp3) is 0.452. The van der Waals surface area contributed by atoms with Gasteiger partial charge in [-0.3, -0.25) is 9.59 Å². The van der Waals surface area contributed by atoms with Gasteiger partial charge in [0.25, 0.3) is 0 Å². The molecule has 3 amide bonds. The molecular formula is C31H41N3O4. The lowest BCUT2D eigenvalue weighted by atomic mass is 9.98. The Hall–Kier alpha value is -3.79. The van der Waals surface area contributed by atoms with Gasteiger partial charge in [0.1, 0.15) is 17.7 Å². The van der Waals surface area contributed by atoms with E-state index in [0.29, 0.717) is 24.1 Å². The molecule has 0 radical (unpaired) electrons. The summed E-state index contributed by atoms with van der Waals surface area (Å²) in [5.74, 6) is 1.89. The van der Waals surface area contributed by atoms with Crippen LogP contribution in [0.25, 0.3) is 0 Å². The molecule has 0 aromatic heterocycles. The van der Waals surface area contributed by atoms with Crippen molar-refractivity contribution >= 4 is 17.9 Å². The average molecular weight is 520 g/mol. The Morgan fingerprint density at radius 3 is 2.08 bits per heavy atom. The third kappa shape index (κ3) is 9.59. The van der Waals surface area contributed by atoms with E-state index >= 15 is 0 Å². The highest BCUT2D eigenvalue weighted by Gasteiger charge is 2.37. The summed E-state index contributed by atoms with van der Waals surface area (Å²) < 4.78 is 5.46. The number of rotatable bonds is 9. The van der Waals surface area contributed by atoms with Gasteiger partial charge in [-0.15, -0.1) is 6.42 Å². The average Bonchev–Trinajstić information content (AvgIpc) is 2.81. The molecule has 2 N–H and O–H groups in total. The molecule has 2 rings (SSSR count). The number of nitrogens with zero attached hydrogens (tertiary/aromatic N) is 1. The van der Waals surface area contributed by atoms with Gasteiger partial charge in [-0.25, -0.2) is 4.79 Å². The first kappa shape index (κ1) is 30.4.